The van der Waals surface area contributed by atoms with Crippen LogP contribution in [0, 0.1) is 12.7 Å². The summed E-state index contributed by atoms with van der Waals surface area (Å²) in [6, 6.07) is 3.68. The fraction of sp³-hybridized carbons (Fsp3) is 0.412. The minimum Gasteiger partial charge on any atom is -0.465 e. The number of halogens is 2. The zero-order valence-corrected chi connectivity index (χ0v) is 15.4. The number of hydrogen-bond acceptors (Lipinski definition) is 5. The third-order valence-electron chi connectivity index (χ3n) is 4.45. The Morgan fingerprint density at radius 1 is 1.44 bits per heavy atom. The average molecular weight is 396 g/mol. The van der Waals surface area contributed by atoms with Gasteiger partial charge in [0.15, 0.2) is 0 Å². The van der Waals surface area contributed by atoms with E-state index in [1.165, 1.54) is 22.8 Å². The van der Waals surface area contributed by atoms with Crippen molar-refractivity contribution in [1.82, 2.24) is 20.1 Å². The number of carboxylic acid groups (broad SMARTS) is 1. The number of aryl methyl sites for hydroxylation is 1. The zero-order valence-electron chi connectivity index (χ0n) is 14.7. The molecule has 1 aromatic carbocycles. The van der Waals surface area contributed by atoms with Crippen molar-refractivity contribution >= 4 is 23.6 Å². The van der Waals surface area contributed by atoms with E-state index < -0.39 is 11.9 Å². The zero-order chi connectivity index (χ0) is 19.6. The standard InChI is InChI=1S/C17H19ClFN5O3/c1-10-15(25)24(8-11-7-12(19)4-5-14(11)18)16(22-21-10)23-6-2-3-13(9-23)20-17(26)27/h4-5,7,13,20H,2-3,6,8-9H2,1H3,(H,26,27). The normalized spacial score (nSPS) is 17.0. The van der Waals surface area contributed by atoms with E-state index in [4.69, 9.17) is 16.7 Å². The van der Waals surface area contributed by atoms with E-state index in [0.29, 0.717) is 36.0 Å². The first kappa shape index (κ1) is 19.1. The maximum absolute atomic E-state index is 13.6. The Kier molecular flexibility index (Phi) is 5.59. The van der Waals surface area contributed by atoms with E-state index >= 15 is 0 Å². The van der Waals surface area contributed by atoms with E-state index in [1.807, 2.05) is 4.90 Å². The van der Waals surface area contributed by atoms with Crippen LogP contribution < -0.4 is 15.8 Å². The molecule has 1 aliphatic heterocycles. The Balaban J connectivity index is 1.96. The molecular formula is C17H19ClFN5O3. The van der Waals surface area contributed by atoms with Gasteiger partial charge in [0.2, 0.25) is 5.95 Å². The lowest BCUT2D eigenvalue weighted by Crippen LogP contribution is -2.49. The highest BCUT2D eigenvalue weighted by atomic mass is 35.5. The quantitative estimate of drug-likeness (QED) is 0.821. The molecule has 2 aromatic rings. The summed E-state index contributed by atoms with van der Waals surface area (Å²) in [6.45, 7) is 2.55. The summed E-state index contributed by atoms with van der Waals surface area (Å²) in [5, 5.41) is 19.8. The van der Waals surface area contributed by atoms with Crippen LogP contribution in [-0.4, -0.2) is 45.1 Å². The molecule has 1 aromatic heterocycles. The number of piperidine rings is 1. The van der Waals surface area contributed by atoms with Crippen molar-refractivity contribution in [1.29, 1.82) is 0 Å². The lowest BCUT2D eigenvalue weighted by atomic mass is 10.1. The van der Waals surface area contributed by atoms with Crippen molar-refractivity contribution in [2.24, 2.45) is 0 Å². The summed E-state index contributed by atoms with van der Waals surface area (Å²) in [7, 11) is 0. The smallest absolute Gasteiger partial charge is 0.404 e. The fourth-order valence-corrected chi connectivity index (χ4v) is 3.34. The van der Waals surface area contributed by atoms with Gasteiger partial charge in [-0.2, -0.15) is 0 Å². The molecule has 0 radical (unpaired) electrons. The van der Waals surface area contributed by atoms with Crippen LogP contribution in [0.25, 0.3) is 0 Å². The van der Waals surface area contributed by atoms with Crippen molar-refractivity contribution in [3.8, 4) is 0 Å². The van der Waals surface area contributed by atoms with Crippen molar-refractivity contribution in [3.63, 3.8) is 0 Å². The molecule has 1 atom stereocenters. The Labute approximate surface area is 159 Å². The van der Waals surface area contributed by atoms with Crippen LogP contribution in [0.3, 0.4) is 0 Å². The highest BCUT2D eigenvalue weighted by molar-refractivity contribution is 6.31. The summed E-state index contributed by atoms with van der Waals surface area (Å²) in [6.07, 6.45) is 0.332. The molecule has 0 bridgehead atoms. The number of nitrogens with zero attached hydrogens (tertiary/aromatic N) is 4. The molecule has 1 amide bonds. The largest absolute Gasteiger partial charge is 0.465 e. The van der Waals surface area contributed by atoms with Crippen LogP contribution in [-0.2, 0) is 6.54 Å². The average Bonchev–Trinajstić information content (AvgIpc) is 2.62. The first-order chi connectivity index (χ1) is 12.8. The molecule has 0 spiro atoms. The third kappa shape index (κ3) is 4.36. The maximum atomic E-state index is 13.6. The third-order valence-corrected chi connectivity index (χ3v) is 4.82. The van der Waals surface area contributed by atoms with Gasteiger partial charge < -0.3 is 15.3 Å². The number of nitrogens with one attached hydrogen (secondary N) is 1. The molecule has 3 rings (SSSR count). The first-order valence-electron chi connectivity index (χ1n) is 8.47. The molecular weight excluding hydrogens is 377 g/mol. The fourth-order valence-electron chi connectivity index (χ4n) is 3.17. The van der Waals surface area contributed by atoms with Crippen molar-refractivity contribution < 1.29 is 14.3 Å². The monoisotopic (exact) mass is 395 g/mol. The maximum Gasteiger partial charge on any atom is 0.404 e. The van der Waals surface area contributed by atoms with Gasteiger partial charge in [-0.1, -0.05) is 11.6 Å². The predicted molar refractivity (Wildman–Crippen MR) is 97.9 cm³/mol. The number of hydrogen-bond donors (Lipinski definition) is 2. The van der Waals surface area contributed by atoms with E-state index in [-0.39, 0.29) is 23.8 Å². The molecule has 2 heterocycles. The second-order valence-electron chi connectivity index (χ2n) is 6.45. The number of benzene rings is 1. The molecule has 1 saturated heterocycles. The second-order valence-corrected chi connectivity index (χ2v) is 6.85. The van der Waals surface area contributed by atoms with Gasteiger partial charge in [0.05, 0.1) is 6.54 Å². The Morgan fingerprint density at radius 3 is 2.96 bits per heavy atom. The lowest BCUT2D eigenvalue weighted by molar-refractivity contribution is 0.188. The minimum absolute atomic E-state index is 0.0364. The highest BCUT2D eigenvalue weighted by Crippen LogP contribution is 2.21. The van der Waals surface area contributed by atoms with Gasteiger partial charge in [-0.25, -0.2) is 9.18 Å². The minimum atomic E-state index is -1.10. The van der Waals surface area contributed by atoms with Crippen LogP contribution >= 0.6 is 11.6 Å². The number of anilines is 1. The molecule has 0 saturated carbocycles. The van der Waals surface area contributed by atoms with E-state index in [1.54, 1.807) is 6.92 Å². The first-order valence-corrected chi connectivity index (χ1v) is 8.85. The molecule has 144 valence electrons. The molecule has 1 fully saturated rings. The van der Waals surface area contributed by atoms with Crippen LogP contribution in [0.2, 0.25) is 5.02 Å². The topological polar surface area (TPSA) is 100 Å². The van der Waals surface area contributed by atoms with Gasteiger partial charge in [-0.05, 0) is 43.5 Å². The van der Waals surface area contributed by atoms with Gasteiger partial charge >= 0.3 is 6.09 Å². The van der Waals surface area contributed by atoms with Gasteiger partial charge in [-0.3, -0.25) is 9.36 Å². The Hall–Kier alpha value is -2.68. The van der Waals surface area contributed by atoms with E-state index in [0.717, 1.165) is 6.42 Å². The second kappa shape index (κ2) is 7.91. The molecule has 1 aliphatic rings. The van der Waals surface area contributed by atoms with Gasteiger partial charge in [0.1, 0.15) is 11.5 Å². The van der Waals surface area contributed by atoms with Gasteiger partial charge in [-0.15, -0.1) is 10.2 Å². The lowest BCUT2D eigenvalue weighted by Gasteiger charge is -2.34. The van der Waals surface area contributed by atoms with Crippen LogP contribution in [0.5, 0.6) is 0 Å². The molecule has 8 nitrogen and oxygen atoms in total. The molecule has 0 aliphatic carbocycles. The van der Waals surface area contributed by atoms with E-state index in [9.17, 15) is 14.0 Å². The Bertz CT molecular complexity index is 920. The van der Waals surface area contributed by atoms with Crippen molar-refractivity contribution in [2.45, 2.75) is 32.4 Å². The van der Waals surface area contributed by atoms with Crippen LogP contribution in [0.1, 0.15) is 24.1 Å². The molecule has 10 heteroatoms. The summed E-state index contributed by atoms with van der Waals surface area (Å²) in [4.78, 5) is 25.4. The molecule has 1 unspecified atom stereocenters. The van der Waals surface area contributed by atoms with Crippen LogP contribution in [0.4, 0.5) is 15.1 Å². The predicted octanol–water partition coefficient (Wildman–Crippen LogP) is 2.02. The summed E-state index contributed by atoms with van der Waals surface area (Å²) in [5.41, 5.74) is 0.307. The SMILES string of the molecule is Cc1nnc(N2CCCC(NC(=O)O)C2)n(Cc2cc(F)ccc2Cl)c1=O. The van der Waals surface area contributed by atoms with Gasteiger partial charge in [0, 0.05) is 24.2 Å². The number of carbonyl (C=O) groups is 1. The summed E-state index contributed by atoms with van der Waals surface area (Å²) in [5.74, 6) is -0.144. The molecule has 27 heavy (non-hydrogen) atoms. The number of rotatable bonds is 4. The Morgan fingerprint density at radius 2 is 2.22 bits per heavy atom. The van der Waals surface area contributed by atoms with Crippen molar-refractivity contribution in [3.05, 3.63) is 50.7 Å². The highest BCUT2D eigenvalue weighted by Gasteiger charge is 2.25. The number of aromatic nitrogens is 3. The number of amides is 1. The summed E-state index contributed by atoms with van der Waals surface area (Å²) >= 11 is 6.15. The van der Waals surface area contributed by atoms with Crippen molar-refractivity contribution in [2.75, 3.05) is 18.0 Å². The van der Waals surface area contributed by atoms with Crippen LogP contribution in [0.15, 0.2) is 23.0 Å². The van der Waals surface area contributed by atoms with Gasteiger partial charge in [0.25, 0.3) is 5.56 Å². The molecule has 2 N–H and O–H groups in total. The summed E-state index contributed by atoms with van der Waals surface area (Å²) < 4.78 is 15.0. The van der Waals surface area contributed by atoms with E-state index in [2.05, 4.69) is 15.5 Å².